The molecule has 22 heavy (non-hydrogen) atoms. The minimum Gasteiger partial charge on any atom is -0.466 e. The van der Waals surface area contributed by atoms with Crippen LogP contribution in [0.2, 0.25) is 0 Å². The van der Waals surface area contributed by atoms with E-state index < -0.39 is 5.79 Å². The van der Waals surface area contributed by atoms with E-state index in [1.807, 2.05) is 51.1 Å². The van der Waals surface area contributed by atoms with Gasteiger partial charge in [-0.15, -0.1) is 0 Å². The maximum Gasteiger partial charge on any atom is 0.307 e. The minimum atomic E-state index is -0.605. The largest absolute Gasteiger partial charge is 0.466 e. The Kier molecular flexibility index (Phi) is 5.94. The van der Waals surface area contributed by atoms with E-state index >= 15 is 0 Å². The average Bonchev–Trinajstić information content (AvgIpc) is 2.85. The lowest BCUT2D eigenvalue weighted by Gasteiger charge is -2.24. The molecule has 1 saturated heterocycles. The van der Waals surface area contributed by atoms with Crippen LogP contribution >= 0.6 is 0 Å². The second kappa shape index (κ2) is 7.72. The lowest BCUT2D eigenvalue weighted by Crippen LogP contribution is -2.43. The van der Waals surface area contributed by atoms with Gasteiger partial charge in [0.1, 0.15) is 6.10 Å². The first-order valence-corrected chi connectivity index (χ1v) is 7.75. The van der Waals surface area contributed by atoms with Gasteiger partial charge >= 0.3 is 5.97 Å². The molecule has 5 heteroatoms. The van der Waals surface area contributed by atoms with E-state index in [2.05, 4.69) is 5.32 Å². The predicted molar refractivity (Wildman–Crippen MR) is 83.2 cm³/mol. The average molecular weight is 307 g/mol. The number of carbonyl (C=O) groups is 1. The molecule has 0 aromatic heterocycles. The number of nitrogens with one attached hydrogen (secondary N) is 1. The smallest absolute Gasteiger partial charge is 0.307 e. The van der Waals surface area contributed by atoms with Gasteiger partial charge in [-0.05, 0) is 26.3 Å². The van der Waals surface area contributed by atoms with E-state index in [1.54, 1.807) is 0 Å². The summed E-state index contributed by atoms with van der Waals surface area (Å²) in [6.07, 6.45) is 0.105. The summed E-state index contributed by atoms with van der Waals surface area (Å²) in [6, 6.07) is 9.93. The Hall–Kier alpha value is -1.43. The van der Waals surface area contributed by atoms with Crippen LogP contribution in [0, 0.1) is 0 Å². The Morgan fingerprint density at radius 3 is 2.73 bits per heavy atom. The van der Waals surface area contributed by atoms with Gasteiger partial charge in [-0.25, -0.2) is 0 Å². The van der Waals surface area contributed by atoms with Gasteiger partial charge in [0.2, 0.25) is 0 Å². The third-order valence-electron chi connectivity index (χ3n) is 3.58. The normalized spacial score (nSPS) is 21.5. The molecule has 0 aliphatic carbocycles. The minimum absolute atomic E-state index is 0.138. The Morgan fingerprint density at radius 2 is 2.14 bits per heavy atom. The van der Waals surface area contributed by atoms with Gasteiger partial charge in [-0.3, -0.25) is 4.79 Å². The molecule has 2 atom stereocenters. The van der Waals surface area contributed by atoms with E-state index in [0.29, 0.717) is 19.8 Å². The standard InChI is InChI=1S/C17H25NO4/c1-4-20-16(19)10-14(15-12-21-17(2,3)22-15)18-11-13-8-6-5-7-9-13/h5-9,14-15,18H,4,10-12H2,1-3H3/t14-,15-/m1/s1. The summed E-state index contributed by atoms with van der Waals surface area (Å²) in [7, 11) is 0. The first-order chi connectivity index (χ1) is 10.5. The molecule has 1 aromatic rings. The SMILES string of the molecule is CCOC(=O)C[C@@H](NCc1ccccc1)[C@H]1COC(C)(C)O1. The molecule has 0 bridgehead atoms. The van der Waals surface area contributed by atoms with Gasteiger partial charge in [0.05, 0.1) is 19.6 Å². The highest BCUT2D eigenvalue weighted by Crippen LogP contribution is 2.25. The van der Waals surface area contributed by atoms with Crippen LogP contribution in [-0.2, 0) is 25.5 Å². The highest BCUT2D eigenvalue weighted by molar-refractivity contribution is 5.70. The molecule has 0 radical (unpaired) electrons. The summed E-state index contributed by atoms with van der Waals surface area (Å²) in [5.74, 6) is -0.826. The Morgan fingerprint density at radius 1 is 1.41 bits per heavy atom. The van der Waals surface area contributed by atoms with Crippen molar-refractivity contribution >= 4 is 5.97 Å². The van der Waals surface area contributed by atoms with Gasteiger partial charge in [-0.1, -0.05) is 30.3 Å². The lowest BCUT2D eigenvalue weighted by atomic mass is 10.1. The molecule has 0 spiro atoms. The summed E-state index contributed by atoms with van der Waals surface area (Å²) in [6.45, 7) is 7.10. The summed E-state index contributed by atoms with van der Waals surface area (Å²) in [5, 5.41) is 3.40. The van der Waals surface area contributed by atoms with Gasteiger partial charge in [-0.2, -0.15) is 0 Å². The van der Waals surface area contributed by atoms with Crippen molar-refractivity contribution in [3.63, 3.8) is 0 Å². The van der Waals surface area contributed by atoms with Gasteiger partial charge in [0.25, 0.3) is 0 Å². The van der Waals surface area contributed by atoms with E-state index in [4.69, 9.17) is 14.2 Å². The fourth-order valence-corrected chi connectivity index (χ4v) is 2.49. The van der Waals surface area contributed by atoms with Crippen LogP contribution in [0.5, 0.6) is 0 Å². The first kappa shape index (κ1) is 16.9. The molecule has 2 rings (SSSR count). The van der Waals surface area contributed by atoms with Crippen molar-refractivity contribution < 1.29 is 19.0 Å². The topological polar surface area (TPSA) is 56.8 Å². The zero-order valence-electron chi connectivity index (χ0n) is 13.5. The Balaban J connectivity index is 1.96. The lowest BCUT2D eigenvalue weighted by molar-refractivity contribution is -0.150. The number of carbonyl (C=O) groups excluding carboxylic acids is 1. The van der Waals surface area contributed by atoms with Crippen LogP contribution < -0.4 is 5.32 Å². The third kappa shape index (κ3) is 5.09. The fraction of sp³-hybridized carbons (Fsp3) is 0.588. The Bertz CT molecular complexity index is 475. The van der Waals surface area contributed by atoms with Gasteiger partial charge < -0.3 is 19.5 Å². The maximum atomic E-state index is 11.8. The molecule has 1 N–H and O–H groups in total. The van der Waals surface area contributed by atoms with Gasteiger partial charge in [0.15, 0.2) is 5.79 Å². The van der Waals surface area contributed by atoms with Crippen LogP contribution in [0.3, 0.4) is 0 Å². The predicted octanol–water partition coefficient (Wildman–Crippen LogP) is 2.25. The highest BCUT2D eigenvalue weighted by atomic mass is 16.7. The van der Waals surface area contributed by atoms with Crippen molar-refractivity contribution in [2.75, 3.05) is 13.2 Å². The maximum absolute atomic E-state index is 11.8. The summed E-state index contributed by atoms with van der Waals surface area (Å²) in [4.78, 5) is 11.8. The Labute approximate surface area is 131 Å². The zero-order valence-corrected chi connectivity index (χ0v) is 13.5. The van der Waals surface area contributed by atoms with Crippen molar-refractivity contribution in [3.05, 3.63) is 35.9 Å². The quantitative estimate of drug-likeness (QED) is 0.783. The molecule has 122 valence electrons. The van der Waals surface area contributed by atoms with E-state index in [1.165, 1.54) is 0 Å². The zero-order chi connectivity index (χ0) is 16.0. The van der Waals surface area contributed by atoms with Crippen molar-refractivity contribution in [2.24, 2.45) is 0 Å². The van der Waals surface area contributed by atoms with Crippen molar-refractivity contribution in [1.29, 1.82) is 0 Å². The number of hydrogen-bond donors (Lipinski definition) is 1. The summed E-state index contributed by atoms with van der Waals surface area (Å²) < 4.78 is 16.6. The second-order valence-electron chi connectivity index (χ2n) is 5.85. The number of hydrogen-bond acceptors (Lipinski definition) is 5. The van der Waals surface area contributed by atoms with Crippen LogP contribution in [0.4, 0.5) is 0 Å². The number of esters is 1. The molecular formula is C17H25NO4. The van der Waals surface area contributed by atoms with E-state index in [9.17, 15) is 4.79 Å². The molecule has 1 aromatic carbocycles. The van der Waals surface area contributed by atoms with Crippen molar-refractivity contribution in [1.82, 2.24) is 5.32 Å². The third-order valence-corrected chi connectivity index (χ3v) is 3.58. The van der Waals surface area contributed by atoms with Crippen molar-refractivity contribution in [2.45, 2.75) is 51.7 Å². The molecule has 1 aliphatic heterocycles. The molecule has 0 amide bonds. The molecular weight excluding hydrogens is 282 g/mol. The summed E-state index contributed by atoms with van der Waals surface area (Å²) in [5.41, 5.74) is 1.16. The molecule has 0 unspecified atom stereocenters. The number of ether oxygens (including phenoxy) is 3. The first-order valence-electron chi connectivity index (χ1n) is 7.75. The molecule has 0 saturated carbocycles. The molecule has 5 nitrogen and oxygen atoms in total. The van der Waals surface area contributed by atoms with Crippen LogP contribution in [0.15, 0.2) is 30.3 Å². The fourth-order valence-electron chi connectivity index (χ4n) is 2.49. The van der Waals surface area contributed by atoms with Crippen LogP contribution in [-0.4, -0.2) is 37.1 Å². The van der Waals surface area contributed by atoms with Crippen LogP contribution in [0.25, 0.3) is 0 Å². The molecule has 1 heterocycles. The molecule has 1 aliphatic rings. The monoisotopic (exact) mass is 307 g/mol. The van der Waals surface area contributed by atoms with E-state index in [0.717, 1.165) is 5.56 Å². The summed E-state index contributed by atoms with van der Waals surface area (Å²) >= 11 is 0. The van der Waals surface area contributed by atoms with Crippen molar-refractivity contribution in [3.8, 4) is 0 Å². The van der Waals surface area contributed by atoms with E-state index in [-0.39, 0.29) is 24.5 Å². The number of rotatable bonds is 7. The number of benzene rings is 1. The highest BCUT2D eigenvalue weighted by Gasteiger charge is 2.38. The van der Waals surface area contributed by atoms with Gasteiger partial charge in [0, 0.05) is 12.6 Å². The van der Waals surface area contributed by atoms with Crippen LogP contribution in [0.1, 0.15) is 32.8 Å². The molecule has 1 fully saturated rings. The second-order valence-corrected chi connectivity index (χ2v) is 5.85.